The molecule has 0 aliphatic rings. The van der Waals surface area contributed by atoms with Crippen molar-refractivity contribution in [1.29, 1.82) is 0 Å². The van der Waals surface area contributed by atoms with E-state index < -0.39 is 5.54 Å². The van der Waals surface area contributed by atoms with Crippen LogP contribution in [0.4, 0.5) is 11.5 Å². The van der Waals surface area contributed by atoms with Crippen molar-refractivity contribution < 1.29 is 4.79 Å². The van der Waals surface area contributed by atoms with E-state index in [0.717, 1.165) is 18.9 Å². The van der Waals surface area contributed by atoms with Crippen LogP contribution in [0.25, 0.3) is 0 Å². The zero-order valence-electron chi connectivity index (χ0n) is 12.3. The number of hydrogen-bond acceptors (Lipinski definition) is 4. The van der Waals surface area contributed by atoms with Crippen molar-refractivity contribution in [1.82, 2.24) is 4.98 Å². The second kappa shape index (κ2) is 9.00. The van der Waals surface area contributed by atoms with E-state index >= 15 is 0 Å². The first-order valence-corrected chi connectivity index (χ1v) is 6.19. The minimum absolute atomic E-state index is 0. The summed E-state index contributed by atoms with van der Waals surface area (Å²) in [5.74, 6) is 0.685. The van der Waals surface area contributed by atoms with Crippen molar-refractivity contribution >= 4 is 42.2 Å². The van der Waals surface area contributed by atoms with Gasteiger partial charge in [-0.05, 0) is 39.8 Å². The molecule has 0 bridgehead atoms. The molecule has 1 rings (SSSR count). The van der Waals surface area contributed by atoms with E-state index in [4.69, 9.17) is 5.73 Å². The molecule has 20 heavy (non-hydrogen) atoms. The molecule has 0 saturated carbocycles. The number of carbonyl (C=O) groups is 1. The predicted octanol–water partition coefficient (Wildman–Crippen LogP) is 2.45. The van der Waals surface area contributed by atoms with Gasteiger partial charge in [0.1, 0.15) is 5.82 Å². The largest absolute Gasteiger partial charge is 0.357 e. The topological polar surface area (TPSA) is 71.2 Å². The Morgan fingerprint density at radius 3 is 2.20 bits per heavy atom. The SMILES string of the molecule is CCN(CC)c1ccc(NC(=O)C(C)(C)N)cn1.Cl.Cl. The minimum atomic E-state index is -0.891. The number of aromatic nitrogens is 1. The Balaban J connectivity index is 0. The molecule has 1 aromatic rings. The summed E-state index contributed by atoms with van der Waals surface area (Å²) in [5.41, 5.74) is 5.48. The number of nitrogens with zero attached hydrogens (tertiary/aromatic N) is 2. The van der Waals surface area contributed by atoms with Crippen molar-refractivity contribution in [2.24, 2.45) is 5.73 Å². The number of hydrogen-bond donors (Lipinski definition) is 2. The van der Waals surface area contributed by atoms with Gasteiger partial charge in [-0.3, -0.25) is 4.79 Å². The molecule has 0 aliphatic carbocycles. The summed E-state index contributed by atoms with van der Waals surface area (Å²) in [4.78, 5) is 18.2. The Kier molecular flexibility index (Phi) is 9.57. The smallest absolute Gasteiger partial charge is 0.243 e. The van der Waals surface area contributed by atoms with Crippen LogP contribution in [0, 0.1) is 0 Å². The molecule has 7 heteroatoms. The lowest BCUT2D eigenvalue weighted by Crippen LogP contribution is -2.45. The van der Waals surface area contributed by atoms with Gasteiger partial charge < -0.3 is 16.0 Å². The first-order chi connectivity index (χ1) is 8.38. The lowest BCUT2D eigenvalue weighted by molar-refractivity contribution is -0.120. The third-order valence-corrected chi connectivity index (χ3v) is 2.68. The van der Waals surface area contributed by atoms with E-state index in [2.05, 4.69) is 29.0 Å². The van der Waals surface area contributed by atoms with Crippen molar-refractivity contribution in [3.8, 4) is 0 Å². The Morgan fingerprint density at radius 1 is 1.30 bits per heavy atom. The highest BCUT2D eigenvalue weighted by Gasteiger charge is 2.21. The van der Waals surface area contributed by atoms with Crippen LogP contribution in [0.2, 0.25) is 0 Å². The van der Waals surface area contributed by atoms with Gasteiger partial charge in [-0.1, -0.05) is 0 Å². The highest BCUT2D eigenvalue weighted by molar-refractivity contribution is 5.97. The zero-order chi connectivity index (χ0) is 13.8. The summed E-state index contributed by atoms with van der Waals surface area (Å²) in [7, 11) is 0. The molecule has 0 spiro atoms. The van der Waals surface area contributed by atoms with Crippen LogP contribution in [-0.2, 0) is 4.79 Å². The van der Waals surface area contributed by atoms with Crippen LogP contribution < -0.4 is 16.0 Å². The molecule has 0 radical (unpaired) electrons. The van der Waals surface area contributed by atoms with Crippen LogP contribution in [0.3, 0.4) is 0 Å². The lowest BCUT2D eigenvalue weighted by Gasteiger charge is -2.20. The summed E-state index contributed by atoms with van der Waals surface area (Å²) in [6.07, 6.45) is 1.65. The summed E-state index contributed by atoms with van der Waals surface area (Å²) in [5, 5.41) is 2.74. The standard InChI is InChI=1S/C13H22N4O.2ClH/c1-5-17(6-2)11-8-7-10(9-15-11)16-12(18)13(3,4)14;;/h7-9H,5-6,14H2,1-4H3,(H,16,18);2*1H. The van der Waals surface area contributed by atoms with Gasteiger partial charge in [0.25, 0.3) is 0 Å². The maximum Gasteiger partial charge on any atom is 0.243 e. The molecule has 3 N–H and O–H groups in total. The van der Waals surface area contributed by atoms with Gasteiger partial charge in [-0.2, -0.15) is 0 Å². The van der Waals surface area contributed by atoms with E-state index in [1.807, 2.05) is 12.1 Å². The van der Waals surface area contributed by atoms with Crippen LogP contribution in [0.1, 0.15) is 27.7 Å². The van der Waals surface area contributed by atoms with Crippen LogP contribution in [0.5, 0.6) is 0 Å². The first kappa shape index (κ1) is 21.3. The first-order valence-electron chi connectivity index (χ1n) is 6.19. The molecule has 116 valence electrons. The average Bonchev–Trinajstić information content (AvgIpc) is 2.31. The third kappa shape index (κ3) is 5.94. The van der Waals surface area contributed by atoms with Gasteiger partial charge in [0.2, 0.25) is 5.91 Å². The summed E-state index contributed by atoms with van der Waals surface area (Å²) >= 11 is 0. The third-order valence-electron chi connectivity index (χ3n) is 2.68. The Morgan fingerprint density at radius 2 is 1.85 bits per heavy atom. The molecule has 1 aromatic heterocycles. The molecule has 0 fully saturated rings. The molecule has 5 nitrogen and oxygen atoms in total. The summed E-state index contributed by atoms with van der Waals surface area (Å²) in [6, 6.07) is 3.73. The van der Waals surface area contributed by atoms with Crippen LogP contribution in [-0.4, -0.2) is 29.5 Å². The molecule has 0 unspecified atom stereocenters. The normalized spacial score (nSPS) is 10.1. The number of carbonyl (C=O) groups excluding carboxylic acids is 1. The van der Waals surface area contributed by atoms with Crippen LogP contribution in [0.15, 0.2) is 18.3 Å². The van der Waals surface area contributed by atoms with Crippen LogP contribution >= 0.6 is 24.8 Å². The van der Waals surface area contributed by atoms with E-state index in [-0.39, 0.29) is 30.7 Å². The molecular formula is C13H24Cl2N4O. The van der Waals surface area contributed by atoms with Crippen molar-refractivity contribution in [2.45, 2.75) is 33.2 Å². The highest BCUT2D eigenvalue weighted by atomic mass is 35.5. The fraction of sp³-hybridized carbons (Fsp3) is 0.538. The molecule has 1 amide bonds. The predicted molar refractivity (Wildman–Crippen MR) is 89.2 cm³/mol. The van der Waals surface area contributed by atoms with Gasteiger partial charge in [0.15, 0.2) is 0 Å². The van der Waals surface area contributed by atoms with Gasteiger partial charge >= 0.3 is 0 Å². The Bertz CT molecular complexity index is 400. The Labute approximate surface area is 133 Å². The minimum Gasteiger partial charge on any atom is -0.357 e. The van der Waals surface area contributed by atoms with E-state index in [0.29, 0.717) is 5.69 Å². The number of pyridine rings is 1. The van der Waals surface area contributed by atoms with Gasteiger partial charge in [-0.15, -0.1) is 24.8 Å². The summed E-state index contributed by atoms with van der Waals surface area (Å²) in [6.45, 7) is 9.31. The second-order valence-electron chi connectivity index (χ2n) is 4.75. The van der Waals surface area contributed by atoms with Gasteiger partial charge in [-0.25, -0.2) is 4.98 Å². The number of nitrogens with two attached hydrogens (primary N) is 1. The maximum absolute atomic E-state index is 11.7. The van der Waals surface area contributed by atoms with E-state index in [1.165, 1.54) is 0 Å². The van der Waals surface area contributed by atoms with Gasteiger partial charge in [0, 0.05) is 13.1 Å². The molecule has 0 aromatic carbocycles. The lowest BCUT2D eigenvalue weighted by atomic mass is 10.1. The van der Waals surface area contributed by atoms with Crippen molar-refractivity contribution in [3.05, 3.63) is 18.3 Å². The number of anilines is 2. The molecule has 0 aliphatic heterocycles. The second-order valence-corrected chi connectivity index (χ2v) is 4.75. The zero-order valence-corrected chi connectivity index (χ0v) is 14.0. The van der Waals surface area contributed by atoms with E-state index in [1.54, 1.807) is 20.0 Å². The maximum atomic E-state index is 11.7. The van der Waals surface area contributed by atoms with Crippen molar-refractivity contribution in [3.63, 3.8) is 0 Å². The average molecular weight is 323 g/mol. The molecular weight excluding hydrogens is 299 g/mol. The van der Waals surface area contributed by atoms with Crippen molar-refractivity contribution in [2.75, 3.05) is 23.3 Å². The molecule has 0 saturated heterocycles. The molecule has 0 atom stereocenters. The van der Waals surface area contributed by atoms with Gasteiger partial charge in [0.05, 0.1) is 17.4 Å². The molecule has 1 heterocycles. The number of halogens is 2. The number of rotatable bonds is 5. The fourth-order valence-electron chi connectivity index (χ4n) is 1.49. The Hall–Kier alpha value is -1.04. The quantitative estimate of drug-likeness (QED) is 0.873. The fourth-order valence-corrected chi connectivity index (χ4v) is 1.49. The number of amides is 1. The monoisotopic (exact) mass is 322 g/mol. The highest BCUT2D eigenvalue weighted by Crippen LogP contribution is 2.14. The van der Waals surface area contributed by atoms with E-state index in [9.17, 15) is 4.79 Å². The number of nitrogens with one attached hydrogen (secondary N) is 1. The summed E-state index contributed by atoms with van der Waals surface area (Å²) < 4.78 is 0.